The second-order valence-corrected chi connectivity index (χ2v) is 7.11. The molecule has 5 heteroatoms. The summed E-state index contributed by atoms with van der Waals surface area (Å²) in [5.74, 6) is 0.272. The third-order valence-electron chi connectivity index (χ3n) is 5.32. The van der Waals surface area contributed by atoms with Crippen LogP contribution in [0, 0.1) is 5.92 Å². The van der Waals surface area contributed by atoms with Crippen molar-refractivity contribution in [1.82, 2.24) is 10.2 Å². The van der Waals surface area contributed by atoms with E-state index in [9.17, 15) is 9.90 Å². The minimum atomic E-state index is -0.412. The van der Waals surface area contributed by atoms with Gasteiger partial charge >= 0.3 is 6.03 Å². The lowest BCUT2D eigenvalue weighted by Crippen LogP contribution is -2.49. The van der Waals surface area contributed by atoms with Gasteiger partial charge in [0.1, 0.15) is 0 Å². The second kappa shape index (κ2) is 7.88. The van der Waals surface area contributed by atoms with Crippen LogP contribution in [-0.2, 0) is 6.54 Å². The van der Waals surface area contributed by atoms with Crippen LogP contribution >= 0.6 is 0 Å². The number of carbonyl (C=O) groups excluding carboxylic acids is 1. The number of β-amino-alcohol motifs (C(OH)–C–C–N with tert-alkyl or cyclic N) is 1. The third-order valence-corrected chi connectivity index (χ3v) is 5.32. The highest BCUT2D eigenvalue weighted by Crippen LogP contribution is 2.24. The van der Waals surface area contributed by atoms with E-state index in [4.69, 9.17) is 0 Å². The zero-order valence-electron chi connectivity index (χ0n) is 14.6. The number of anilines is 1. The third kappa shape index (κ3) is 4.01. The standard InChI is InChI=1S/C19H29N3O2/c1-15-9-12-22(14-18(15)23)19(24)20-13-16-7-3-4-8-17(16)21-10-5-2-6-11-21/h3-4,7-8,15,18,23H,2,5-6,9-14H2,1H3,(H,20,24). The largest absolute Gasteiger partial charge is 0.391 e. The molecule has 1 aromatic rings. The number of aliphatic hydroxyl groups is 1. The number of aliphatic hydroxyl groups excluding tert-OH is 1. The molecule has 132 valence electrons. The summed E-state index contributed by atoms with van der Waals surface area (Å²) < 4.78 is 0. The van der Waals surface area contributed by atoms with Crippen LogP contribution in [0.3, 0.4) is 0 Å². The van der Waals surface area contributed by atoms with Gasteiger partial charge in [0.2, 0.25) is 0 Å². The fourth-order valence-corrected chi connectivity index (χ4v) is 3.62. The molecule has 0 spiro atoms. The van der Waals surface area contributed by atoms with Crippen molar-refractivity contribution in [2.75, 3.05) is 31.1 Å². The van der Waals surface area contributed by atoms with E-state index in [1.807, 2.05) is 13.0 Å². The summed E-state index contributed by atoms with van der Waals surface area (Å²) in [6.45, 7) is 5.92. The number of likely N-dealkylation sites (tertiary alicyclic amines) is 1. The molecule has 2 N–H and O–H groups in total. The molecule has 3 rings (SSSR count). The van der Waals surface area contributed by atoms with E-state index in [1.165, 1.54) is 30.5 Å². The quantitative estimate of drug-likeness (QED) is 0.895. The number of hydrogen-bond acceptors (Lipinski definition) is 3. The minimum Gasteiger partial charge on any atom is -0.391 e. The molecule has 2 unspecified atom stereocenters. The molecule has 0 bridgehead atoms. The van der Waals surface area contributed by atoms with Gasteiger partial charge in [0, 0.05) is 38.4 Å². The lowest BCUT2D eigenvalue weighted by molar-refractivity contribution is 0.0435. The molecule has 1 aromatic carbocycles. The van der Waals surface area contributed by atoms with Crippen molar-refractivity contribution in [3.8, 4) is 0 Å². The summed E-state index contributed by atoms with van der Waals surface area (Å²) in [5, 5.41) is 13.0. The van der Waals surface area contributed by atoms with Crippen LogP contribution in [0.4, 0.5) is 10.5 Å². The van der Waals surface area contributed by atoms with Gasteiger partial charge in [-0.15, -0.1) is 0 Å². The molecular formula is C19H29N3O2. The Bertz CT molecular complexity index is 557. The molecule has 2 amide bonds. The van der Waals surface area contributed by atoms with Crippen molar-refractivity contribution in [3.05, 3.63) is 29.8 Å². The average Bonchev–Trinajstić information content (AvgIpc) is 2.63. The van der Waals surface area contributed by atoms with Crippen LogP contribution in [0.15, 0.2) is 24.3 Å². The number of nitrogens with one attached hydrogen (secondary N) is 1. The Kier molecular flexibility index (Phi) is 5.61. The molecule has 24 heavy (non-hydrogen) atoms. The smallest absolute Gasteiger partial charge is 0.317 e. The van der Waals surface area contributed by atoms with Crippen LogP contribution in [0.25, 0.3) is 0 Å². The Balaban J connectivity index is 1.59. The zero-order valence-corrected chi connectivity index (χ0v) is 14.6. The van der Waals surface area contributed by atoms with Gasteiger partial charge in [-0.05, 0) is 43.2 Å². The Hall–Kier alpha value is -1.75. The first-order valence-electron chi connectivity index (χ1n) is 9.19. The summed E-state index contributed by atoms with van der Waals surface area (Å²) in [5.41, 5.74) is 2.41. The van der Waals surface area contributed by atoms with Crippen LogP contribution in [0.5, 0.6) is 0 Å². The number of para-hydroxylation sites is 1. The molecule has 2 aliphatic rings. The molecule has 5 nitrogen and oxygen atoms in total. The maximum absolute atomic E-state index is 12.4. The molecular weight excluding hydrogens is 302 g/mol. The van der Waals surface area contributed by atoms with Gasteiger partial charge in [-0.2, -0.15) is 0 Å². The average molecular weight is 331 g/mol. The van der Waals surface area contributed by atoms with Gasteiger partial charge in [0.25, 0.3) is 0 Å². The van der Waals surface area contributed by atoms with Crippen molar-refractivity contribution >= 4 is 11.7 Å². The lowest BCUT2D eigenvalue weighted by atomic mass is 9.96. The zero-order chi connectivity index (χ0) is 16.9. The topological polar surface area (TPSA) is 55.8 Å². The first kappa shape index (κ1) is 17.1. The van der Waals surface area contributed by atoms with Gasteiger partial charge in [-0.3, -0.25) is 0 Å². The van der Waals surface area contributed by atoms with Crippen LogP contribution < -0.4 is 10.2 Å². The van der Waals surface area contributed by atoms with Crippen LogP contribution in [0.1, 0.15) is 38.2 Å². The SMILES string of the molecule is CC1CCN(C(=O)NCc2ccccc2N2CCCCC2)CC1O. The van der Waals surface area contributed by atoms with E-state index in [2.05, 4.69) is 28.4 Å². The lowest BCUT2D eigenvalue weighted by Gasteiger charge is -2.34. The number of nitrogens with zero attached hydrogens (tertiary/aromatic N) is 2. The van der Waals surface area contributed by atoms with Gasteiger partial charge in [-0.25, -0.2) is 4.79 Å². The van der Waals surface area contributed by atoms with E-state index in [1.54, 1.807) is 4.90 Å². The number of benzene rings is 1. The number of urea groups is 1. The van der Waals surface area contributed by atoms with E-state index >= 15 is 0 Å². The molecule has 0 saturated carbocycles. The van der Waals surface area contributed by atoms with Crippen molar-refractivity contribution < 1.29 is 9.90 Å². The summed E-state index contributed by atoms with van der Waals surface area (Å²) >= 11 is 0. The molecule has 0 radical (unpaired) electrons. The van der Waals surface area contributed by atoms with Gasteiger partial charge in [-0.1, -0.05) is 25.1 Å². The minimum absolute atomic E-state index is 0.0746. The van der Waals surface area contributed by atoms with E-state index < -0.39 is 6.10 Å². The summed E-state index contributed by atoms with van der Waals surface area (Å²) in [6, 6.07) is 8.27. The fraction of sp³-hybridized carbons (Fsp3) is 0.632. The van der Waals surface area contributed by atoms with Crippen LogP contribution in [-0.4, -0.2) is 48.3 Å². The van der Waals surface area contributed by atoms with Crippen molar-refractivity contribution in [2.45, 2.75) is 45.3 Å². The van der Waals surface area contributed by atoms with Crippen LogP contribution in [0.2, 0.25) is 0 Å². The number of rotatable bonds is 3. The summed E-state index contributed by atoms with van der Waals surface area (Å²) in [7, 11) is 0. The summed E-state index contributed by atoms with van der Waals surface area (Å²) in [6.07, 6.45) is 4.24. The Morgan fingerprint density at radius 2 is 1.96 bits per heavy atom. The number of hydrogen-bond donors (Lipinski definition) is 2. The number of carbonyl (C=O) groups is 1. The normalized spacial score (nSPS) is 24.8. The number of amides is 2. The molecule has 2 aliphatic heterocycles. The van der Waals surface area contributed by atoms with Crippen molar-refractivity contribution in [1.29, 1.82) is 0 Å². The first-order chi connectivity index (χ1) is 11.6. The highest BCUT2D eigenvalue weighted by atomic mass is 16.3. The van der Waals surface area contributed by atoms with Crippen molar-refractivity contribution in [3.63, 3.8) is 0 Å². The maximum atomic E-state index is 12.4. The second-order valence-electron chi connectivity index (χ2n) is 7.11. The Morgan fingerprint density at radius 1 is 1.21 bits per heavy atom. The molecule has 2 fully saturated rings. The molecule has 0 aromatic heterocycles. The Labute approximate surface area is 144 Å². The Morgan fingerprint density at radius 3 is 2.71 bits per heavy atom. The maximum Gasteiger partial charge on any atom is 0.317 e. The van der Waals surface area contributed by atoms with E-state index in [-0.39, 0.29) is 11.9 Å². The highest BCUT2D eigenvalue weighted by Gasteiger charge is 2.27. The predicted molar refractivity (Wildman–Crippen MR) is 96.1 cm³/mol. The van der Waals surface area contributed by atoms with Gasteiger partial charge in [0.15, 0.2) is 0 Å². The predicted octanol–water partition coefficient (Wildman–Crippen LogP) is 2.59. The monoisotopic (exact) mass is 331 g/mol. The molecule has 2 saturated heterocycles. The first-order valence-corrected chi connectivity index (χ1v) is 9.19. The fourth-order valence-electron chi connectivity index (χ4n) is 3.62. The van der Waals surface area contributed by atoms with Gasteiger partial charge < -0.3 is 20.2 Å². The van der Waals surface area contributed by atoms with Gasteiger partial charge in [0.05, 0.1) is 6.10 Å². The highest BCUT2D eigenvalue weighted by molar-refractivity contribution is 5.74. The van der Waals surface area contributed by atoms with E-state index in [0.717, 1.165) is 26.1 Å². The summed E-state index contributed by atoms with van der Waals surface area (Å²) in [4.78, 5) is 16.6. The molecule has 2 atom stereocenters. The molecule has 0 aliphatic carbocycles. The number of piperidine rings is 2. The van der Waals surface area contributed by atoms with Crippen molar-refractivity contribution in [2.24, 2.45) is 5.92 Å². The van der Waals surface area contributed by atoms with E-state index in [0.29, 0.717) is 13.1 Å². The molecule has 2 heterocycles.